The number of aromatic nitrogens is 3. The van der Waals surface area contributed by atoms with Crippen LogP contribution < -0.4 is 5.32 Å². The Hall–Kier alpha value is -3.60. The van der Waals surface area contributed by atoms with Crippen LogP contribution in [-0.4, -0.2) is 21.1 Å². The van der Waals surface area contributed by atoms with Crippen molar-refractivity contribution in [1.82, 2.24) is 20.5 Å². The van der Waals surface area contributed by atoms with Gasteiger partial charge >= 0.3 is 0 Å². The number of nitrogens with one attached hydrogen (secondary N) is 3. The average molecular weight is 380 g/mol. The zero-order chi connectivity index (χ0) is 19.4. The van der Waals surface area contributed by atoms with Gasteiger partial charge in [-0.15, -0.1) is 0 Å². The number of fused-ring (bicyclic) bond motifs is 6. The molecule has 5 nitrogen and oxygen atoms in total. The number of hydrogen-bond donors (Lipinski definition) is 3. The standard InChI is InChI=1S/C24H20N4O/c29-24(27-20-7-3-5-14-4-1-2-6-17(14)20)15-9-11-21-19(12-15)18-10-8-16-13-25-28-22(16)23(18)26-21/h1-2,4,6,8-13,20,25,28H,3,5,7H2,(H,27,29). The van der Waals surface area contributed by atoms with Gasteiger partial charge in [0, 0.05) is 27.9 Å². The van der Waals surface area contributed by atoms with Crippen molar-refractivity contribution in [3.63, 3.8) is 0 Å². The Morgan fingerprint density at radius 1 is 1.07 bits per heavy atom. The average Bonchev–Trinajstić information content (AvgIpc) is 3.37. The van der Waals surface area contributed by atoms with E-state index in [9.17, 15) is 4.79 Å². The molecule has 3 aromatic carbocycles. The minimum absolute atomic E-state index is 0.0303. The number of aryl methyl sites for hydroxylation is 1. The van der Waals surface area contributed by atoms with Crippen LogP contribution in [0.1, 0.15) is 40.4 Å². The van der Waals surface area contributed by atoms with Crippen LogP contribution in [0.15, 0.2) is 60.8 Å². The molecule has 1 unspecified atom stereocenters. The van der Waals surface area contributed by atoms with Crippen LogP contribution >= 0.6 is 0 Å². The van der Waals surface area contributed by atoms with Crippen molar-refractivity contribution in [2.24, 2.45) is 0 Å². The molecule has 1 aliphatic carbocycles. The van der Waals surface area contributed by atoms with Crippen LogP contribution in [0.25, 0.3) is 32.7 Å². The van der Waals surface area contributed by atoms with Gasteiger partial charge in [-0.05, 0) is 48.6 Å². The summed E-state index contributed by atoms with van der Waals surface area (Å²) in [6.07, 6.45) is 5.09. The van der Waals surface area contributed by atoms with E-state index in [-0.39, 0.29) is 11.9 Å². The molecule has 29 heavy (non-hydrogen) atoms. The Balaban J connectivity index is 1.39. The van der Waals surface area contributed by atoms with Crippen LogP contribution in [-0.2, 0) is 6.42 Å². The van der Waals surface area contributed by atoms with Gasteiger partial charge in [-0.25, -0.2) is 4.98 Å². The largest absolute Gasteiger partial charge is 0.345 e. The fourth-order valence-corrected chi connectivity index (χ4v) is 4.63. The van der Waals surface area contributed by atoms with E-state index in [0.717, 1.165) is 52.0 Å². The molecule has 0 saturated heterocycles. The van der Waals surface area contributed by atoms with Gasteiger partial charge in [0.15, 0.2) is 0 Å². The summed E-state index contributed by atoms with van der Waals surface area (Å²) in [6, 6.07) is 18.4. The summed E-state index contributed by atoms with van der Waals surface area (Å²) in [5.74, 6) is -0.0303. The van der Waals surface area contributed by atoms with E-state index in [2.05, 4.69) is 51.9 Å². The molecule has 3 N–H and O–H groups in total. The molecule has 5 aromatic rings. The normalized spacial score (nSPS) is 16.3. The Morgan fingerprint density at radius 3 is 2.97 bits per heavy atom. The molecular weight excluding hydrogens is 360 g/mol. The fraction of sp³-hybridized carbons (Fsp3) is 0.167. The van der Waals surface area contributed by atoms with Crippen molar-refractivity contribution in [2.45, 2.75) is 25.3 Å². The van der Waals surface area contributed by atoms with Crippen LogP contribution in [0.3, 0.4) is 0 Å². The van der Waals surface area contributed by atoms with Crippen LogP contribution in [0.2, 0.25) is 0 Å². The Morgan fingerprint density at radius 2 is 2.00 bits per heavy atom. The summed E-state index contributed by atoms with van der Waals surface area (Å²) < 4.78 is 0. The maximum absolute atomic E-state index is 13.1. The third-order valence-electron chi connectivity index (χ3n) is 6.09. The van der Waals surface area contributed by atoms with E-state index in [1.807, 2.05) is 24.4 Å². The second kappa shape index (κ2) is 6.21. The summed E-state index contributed by atoms with van der Waals surface area (Å²) in [6.45, 7) is 0. The quantitative estimate of drug-likeness (QED) is 0.403. The lowest BCUT2D eigenvalue weighted by molar-refractivity contribution is 0.0933. The number of carbonyl (C=O) groups is 1. The first-order chi connectivity index (χ1) is 14.3. The summed E-state index contributed by atoms with van der Waals surface area (Å²) in [7, 11) is 0. The van der Waals surface area contributed by atoms with Gasteiger partial charge in [0.2, 0.25) is 0 Å². The topological polar surface area (TPSA) is 73.6 Å². The van der Waals surface area contributed by atoms with Crippen LogP contribution in [0, 0.1) is 0 Å². The lowest BCUT2D eigenvalue weighted by atomic mass is 9.87. The maximum Gasteiger partial charge on any atom is 0.251 e. The molecule has 0 radical (unpaired) electrons. The number of H-pyrrole nitrogens is 2. The SMILES string of the molecule is O=C(NC1CCCc2ccccc21)c1ccc2nc3c(ccc4c[nH][nH]c43)c2c1. The van der Waals surface area contributed by atoms with Crippen molar-refractivity contribution in [3.8, 4) is 0 Å². The highest BCUT2D eigenvalue weighted by molar-refractivity contribution is 6.16. The summed E-state index contributed by atoms with van der Waals surface area (Å²) >= 11 is 0. The van der Waals surface area contributed by atoms with E-state index < -0.39 is 0 Å². The van der Waals surface area contributed by atoms with Crippen molar-refractivity contribution in [3.05, 3.63) is 77.5 Å². The highest BCUT2D eigenvalue weighted by Crippen LogP contribution is 2.32. The van der Waals surface area contributed by atoms with Crippen LogP contribution in [0.4, 0.5) is 0 Å². The fourth-order valence-electron chi connectivity index (χ4n) is 4.63. The first-order valence-corrected chi connectivity index (χ1v) is 10.0. The molecule has 1 atom stereocenters. The Labute approximate surface area is 167 Å². The van der Waals surface area contributed by atoms with E-state index in [1.54, 1.807) is 0 Å². The third kappa shape index (κ3) is 2.54. The summed E-state index contributed by atoms with van der Waals surface area (Å²) in [4.78, 5) is 17.8. The van der Waals surface area contributed by atoms with E-state index >= 15 is 0 Å². The second-order valence-corrected chi connectivity index (χ2v) is 7.80. The molecule has 0 spiro atoms. The highest BCUT2D eigenvalue weighted by atomic mass is 16.1. The lowest BCUT2D eigenvalue weighted by Gasteiger charge is -2.26. The first-order valence-electron chi connectivity index (χ1n) is 10.0. The molecule has 0 saturated carbocycles. The molecule has 5 heteroatoms. The van der Waals surface area contributed by atoms with Crippen molar-refractivity contribution in [2.75, 3.05) is 0 Å². The lowest BCUT2D eigenvalue weighted by Crippen LogP contribution is -2.30. The van der Waals surface area contributed by atoms with Gasteiger partial charge in [0.25, 0.3) is 5.91 Å². The van der Waals surface area contributed by atoms with Crippen molar-refractivity contribution in [1.29, 1.82) is 0 Å². The van der Waals surface area contributed by atoms with E-state index in [1.165, 1.54) is 11.1 Å². The number of carbonyl (C=O) groups excluding carboxylic acids is 1. The predicted molar refractivity (Wildman–Crippen MR) is 115 cm³/mol. The molecule has 2 heterocycles. The molecule has 0 bridgehead atoms. The number of benzene rings is 3. The van der Waals surface area contributed by atoms with Gasteiger partial charge < -0.3 is 10.4 Å². The third-order valence-corrected chi connectivity index (χ3v) is 6.09. The number of rotatable bonds is 2. The van der Waals surface area contributed by atoms with Gasteiger partial charge in [-0.3, -0.25) is 9.89 Å². The molecule has 142 valence electrons. The zero-order valence-corrected chi connectivity index (χ0v) is 15.8. The van der Waals surface area contributed by atoms with Crippen molar-refractivity contribution < 1.29 is 4.79 Å². The molecule has 1 aliphatic rings. The summed E-state index contributed by atoms with van der Waals surface area (Å²) in [5, 5.41) is 12.6. The maximum atomic E-state index is 13.1. The molecule has 0 aliphatic heterocycles. The Kier molecular flexibility index (Phi) is 3.50. The number of nitrogens with zero attached hydrogens (tertiary/aromatic N) is 1. The molecule has 2 aromatic heterocycles. The number of amides is 1. The zero-order valence-electron chi connectivity index (χ0n) is 15.8. The first kappa shape index (κ1) is 16.4. The molecule has 1 amide bonds. The van der Waals surface area contributed by atoms with Crippen molar-refractivity contribution >= 4 is 38.6 Å². The van der Waals surface area contributed by atoms with Gasteiger partial charge in [0.05, 0.1) is 22.6 Å². The minimum Gasteiger partial charge on any atom is -0.345 e. The second-order valence-electron chi connectivity index (χ2n) is 7.80. The molecule has 0 fully saturated rings. The van der Waals surface area contributed by atoms with Gasteiger partial charge in [-0.1, -0.05) is 36.4 Å². The minimum atomic E-state index is -0.0303. The van der Waals surface area contributed by atoms with Crippen LogP contribution in [0.5, 0.6) is 0 Å². The van der Waals surface area contributed by atoms with E-state index in [4.69, 9.17) is 4.98 Å². The summed E-state index contributed by atoms with van der Waals surface area (Å²) in [5.41, 5.74) is 6.09. The molecule has 6 rings (SSSR count). The van der Waals surface area contributed by atoms with Gasteiger partial charge in [0.1, 0.15) is 0 Å². The number of hydrogen-bond acceptors (Lipinski definition) is 2. The number of aromatic amines is 2. The molecular formula is C24H20N4O. The smallest absolute Gasteiger partial charge is 0.251 e. The predicted octanol–water partition coefficient (Wildman–Crippen LogP) is 5.00. The van der Waals surface area contributed by atoms with Gasteiger partial charge in [-0.2, -0.15) is 0 Å². The Bertz CT molecular complexity index is 1390. The highest BCUT2D eigenvalue weighted by Gasteiger charge is 2.22. The van der Waals surface area contributed by atoms with E-state index in [0.29, 0.717) is 5.56 Å². The monoisotopic (exact) mass is 380 g/mol.